The number of aliphatic hydroxyl groups is 1. The molecule has 0 saturated heterocycles. The molecule has 0 radical (unpaired) electrons. The molecule has 1 amide bonds. The number of thioether (sulfide) groups is 1. The van der Waals surface area contributed by atoms with Crippen molar-refractivity contribution in [2.75, 3.05) is 19.0 Å². The molecule has 2 N–H and O–H groups in total. The van der Waals surface area contributed by atoms with E-state index in [0.717, 1.165) is 38.2 Å². The van der Waals surface area contributed by atoms with Gasteiger partial charge in [0.1, 0.15) is 5.75 Å². The van der Waals surface area contributed by atoms with Gasteiger partial charge in [0.15, 0.2) is 0 Å². The highest BCUT2D eigenvalue weighted by Crippen LogP contribution is 2.37. The maximum atomic E-state index is 13.5. The largest absolute Gasteiger partial charge is 0.493 e. The molecule has 0 saturated carbocycles. The fourth-order valence-corrected chi connectivity index (χ4v) is 5.78. The molecule has 0 fully saturated rings. The van der Waals surface area contributed by atoms with Gasteiger partial charge in [-0.25, -0.2) is 0 Å². The summed E-state index contributed by atoms with van der Waals surface area (Å²) in [6.45, 7) is 0.530. The van der Waals surface area contributed by atoms with Gasteiger partial charge in [-0.2, -0.15) is 0 Å². The summed E-state index contributed by atoms with van der Waals surface area (Å²) in [6, 6.07) is 18.8. The summed E-state index contributed by atoms with van der Waals surface area (Å²) in [6.07, 6.45) is 2.29. The van der Waals surface area contributed by atoms with Gasteiger partial charge in [0, 0.05) is 49.8 Å². The summed E-state index contributed by atoms with van der Waals surface area (Å²) in [4.78, 5) is 19.0. The van der Waals surface area contributed by atoms with Crippen molar-refractivity contribution in [2.24, 2.45) is 0 Å². The minimum absolute atomic E-state index is 0.00747. The standard InChI is InChI=1S/C27H22Cl2N2O3S/c28-17-12-16(13-18(29)14-17)19-5-3-6-21-25(19)30-15-22(26(21)35-11-9-32)27(33)31-23-8-10-34-24-7-2-1-4-20(23)24/h1-7,12-15,23,32H,8-11H2,(H,31,33). The number of nitrogens with zero attached hydrogens (tertiary/aromatic N) is 1. The van der Waals surface area contributed by atoms with Crippen LogP contribution in [-0.2, 0) is 0 Å². The predicted molar refractivity (Wildman–Crippen MR) is 142 cm³/mol. The zero-order valence-electron chi connectivity index (χ0n) is 18.6. The minimum Gasteiger partial charge on any atom is -0.493 e. The number of aromatic nitrogens is 1. The Morgan fingerprint density at radius 3 is 2.71 bits per heavy atom. The van der Waals surface area contributed by atoms with Gasteiger partial charge in [-0.3, -0.25) is 9.78 Å². The Kier molecular flexibility index (Phi) is 7.16. The Hall–Kier alpha value is -2.77. The van der Waals surface area contributed by atoms with Crippen molar-refractivity contribution in [3.8, 4) is 16.9 Å². The molecule has 0 spiro atoms. The van der Waals surface area contributed by atoms with Gasteiger partial charge < -0.3 is 15.2 Å². The number of pyridine rings is 1. The molecule has 35 heavy (non-hydrogen) atoms. The quantitative estimate of drug-likeness (QED) is 0.280. The summed E-state index contributed by atoms with van der Waals surface area (Å²) in [5.41, 5.74) is 3.88. The van der Waals surface area contributed by atoms with Gasteiger partial charge in [0.05, 0.1) is 30.3 Å². The third-order valence-corrected chi connectivity index (χ3v) is 7.42. The number of fused-ring (bicyclic) bond motifs is 2. The van der Waals surface area contributed by atoms with Crippen molar-refractivity contribution in [1.29, 1.82) is 0 Å². The fraction of sp³-hybridized carbons (Fsp3) is 0.185. The van der Waals surface area contributed by atoms with E-state index in [1.54, 1.807) is 12.3 Å². The monoisotopic (exact) mass is 524 g/mol. The number of nitrogens with one attached hydrogen (secondary N) is 1. The maximum absolute atomic E-state index is 13.5. The first kappa shape index (κ1) is 23.9. The average molecular weight is 525 g/mol. The van der Waals surface area contributed by atoms with E-state index in [-0.39, 0.29) is 18.6 Å². The number of benzene rings is 3. The van der Waals surface area contributed by atoms with Crippen LogP contribution in [0.25, 0.3) is 22.0 Å². The molecule has 2 heterocycles. The van der Waals surface area contributed by atoms with Crippen molar-refractivity contribution < 1.29 is 14.6 Å². The van der Waals surface area contributed by atoms with Crippen LogP contribution in [-0.4, -0.2) is 35.0 Å². The van der Waals surface area contributed by atoms with E-state index in [1.807, 2.05) is 54.6 Å². The van der Waals surface area contributed by atoms with E-state index in [9.17, 15) is 9.90 Å². The van der Waals surface area contributed by atoms with Crippen molar-refractivity contribution in [1.82, 2.24) is 10.3 Å². The Labute approximate surface area is 217 Å². The highest BCUT2D eigenvalue weighted by atomic mass is 35.5. The number of carbonyl (C=O) groups is 1. The van der Waals surface area contributed by atoms with Crippen LogP contribution < -0.4 is 10.1 Å². The molecule has 1 aliphatic rings. The van der Waals surface area contributed by atoms with Crippen LogP contribution in [0.1, 0.15) is 28.4 Å². The fourth-order valence-electron chi connectivity index (χ4n) is 4.33. The molecule has 178 valence electrons. The highest BCUT2D eigenvalue weighted by Gasteiger charge is 2.25. The lowest BCUT2D eigenvalue weighted by atomic mass is 9.99. The molecule has 3 aromatic carbocycles. The van der Waals surface area contributed by atoms with Crippen molar-refractivity contribution in [2.45, 2.75) is 17.4 Å². The third-order valence-electron chi connectivity index (χ3n) is 5.87. The lowest BCUT2D eigenvalue weighted by molar-refractivity contribution is 0.0921. The van der Waals surface area contributed by atoms with Gasteiger partial charge in [0.2, 0.25) is 0 Å². The molecule has 4 aromatic rings. The molecule has 1 unspecified atom stereocenters. The maximum Gasteiger partial charge on any atom is 0.254 e. The topological polar surface area (TPSA) is 71.5 Å². The number of aliphatic hydroxyl groups excluding tert-OH is 1. The SMILES string of the molecule is O=C(NC1CCOc2ccccc21)c1cnc2c(-c3cc(Cl)cc(Cl)c3)cccc2c1SCCO. The summed E-state index contributed by atoms with van der Waals surface area (Å²) in [5.74, 6) is 1.03. The van der Waals surface area contributed by atoms with Crippen LogP contribution in [0.4, 0.5) is 0 Å². The molecular formula is C27H22Cl2N2O3S. The number of hydrogen-bond donors (Lipinski definition) is 2. The zero-order chi connectivity index (χ0) is 24.4. The van der Waals surface area contributed by atoms with Crippen LogP contribution >= 0.6 is 35.0 Å². The number of rotatable bonds is 6. The molecule has 5 nitrogen and oxygen atoms in total. The molecule has 0 aliphatic carbocycles. The molecule has 1 aliphatic heterocycles. The van der Waals surface area contributed by atoms with E-state index in [0.29, 0.717) is 34.4 Å². The summed E-state index contributed by atoms with van der Waals surface area (Å²) in [5, 5.41) is 14.6. The van der Waals surface area contributed by atoms with Gasteiger partial charge in [-0.15, -0.1) is 11.8 Å². The van der Waals surface area contributed by atoms with Crippen LogP contribution in [0.3, 0.4) is 0 Å². The van der Waals surface area contributed by atoms with E-state index < -0.39 is 0 Å². The van der Waals surface area contributed by atoms with Crippen LogP contribution in [0.5, 0.6) is 5.75 Å². The average Bonchev–Trinajstić information content (AvgIpc) is 2.86. The number of ether oxygens (including phenoxy) is 1. The first-order valence-corrected chi connectivity index (χ1v) is 12.9. The third kappa shape index (κ3) is 4.98. The van der Waals surface area contributed by atoms with E-state index in [1.165, 1.54) is 11.8 Å². The minimum atomic E-state index is -0.210. The van der Waals surface area contributed by atoms with E-state index >= 15 is 0 Å². The lowest BCUT2D eigenvalue weighted by Crippen LogP contribution is -2.32. The Morgan fingerprint density at radius 1 is 1.11 bits per heavy atom. The molecular weight excluding hydrogens is 503 g/mol. The molecule has 0 bridgehead atoms. The highest BCUT2D eigenvalue weighted by molar-refractivity contribution is 7.99. The Balaban J connectivity index is 1.56. The van der Waals surface area contributed by atoms with Gasteiger partial charge >= 0.3 is 0 Å². The molecule has 1 aromatic heterocycles. The van der Waals surface area contributed by atoms with Gasteiger partial charge in [0.25, 0.3) is 5.91 Å². The van der Waals surface area contributed by atoms with Crippen molar-refractivity contribution in [3.05, 3.63) is 88.0 Å². The normalized spacial score (nSPS) is 14.9. The summed E-state index contributed by atoms with van der Waals surface area (Å²) >= 11 is 13.9. The number of halogens is 2. The van der Waals surface area contributed by atoms with Crippen LogP contribution in [0.2, 0.25) is 10.0 Å². The lowest BCUT2D eigenvalue weighted by Gasteiger charge is -2.27. The second kappa shape index (κ2) is 10.5. The molecule has 8 heteroatoms. The van der Waals surface area contributed by atoms with Gasteiger partial charge in [-0.05, 0) is 29.8 Å². The number of hydrogen-bond acceptors (Lipinski definition) is 5. The molecule has 5 rings (SSSR count). The van der Waals surface area contributed by atoms with Crippen LogP contribution in [0.15, 0.2) is 71.8 Å². The molecule has 1 atom stereocenters. The summed E-state index contributed by atoms with van der Waals surface area (Å²) in [7, 11) is 0. The van der Waals surface area contributed by atoms with E-state index in [2.05, 4.69) is 5.32 Å². The number of amides is 1. The first-order valence-electron chi connectivity index (χ1n) is 11.2. The zero-order valence-corrected chi connectivity index (χ0v) is 21.0. The number of para-hydroxylation sites is 2. The second-order valence-electron chi connectivity index (χ2n) is 8.13. The Bertz CT molecular complexity index is 1390. The second-order valence-corrected chi connectivity index (χ2v) is 10.1. The Morgan fingerprint density at radius 2 is 1.91 bits per heavy atom. The van der Waals surface area contributed by atoms with Crippen LogP contribution in [0, 0.1) is 0 Å². The van der Waals surface area contributed by atoms with Crippen molar-refractivity contribution in [3.63, 3.8) is 0 Å². The predicted octanol–water partition coefficient (Wildman–Crippen LogP) is 6.55. The van der Waals surface area contributed by atoms with E-state index in [4.69, 9.17) is 32.9 Å². The van der Waals surface area contributed by atoms with Crippen molar-refractivity contribution >= 4 is 51.8 Å². The number of carbonyl (C=O) groups excluding carboxylic acids is 1. The first-order chi connectivity index (χ1) is 17.0. The van der Waals surface area contributed by atoms with Gasteiger partial charge in [-0.1, -0.05) is 59.6 Å². The smallest absolute Gasteiger partial charge is 0.254 e. The summed E-state index contributed by atoms with van der Waals surface area (Å²) < 4.78 is 5.73.